The molecular weight excluding hydrogens is 256 g/mol. The summed E-state index contributed by atoms with van der Waals surface area (Å²) in [6, 6.07) is 15.8. The Morgan fingerprint density at radius 1 is 1.00 bits per heavy atom. The highest BCUT2D eigenvalue weighted by atomic mass is 35.5. The molecule has 0 spiro atoms. The fourth-order valence-corrected chi connectivity index (χ4v) is 2.44. The van der Waals surface area contributed by atoms with Crippen molar-refractivity contribution in [1.29, 1.82) is 0 Å². The highest BCUT2D eigenvalue weighted by Crippen LogP contribution is 2.33. The Hall–Kier alpha value is -2.06. The van der Waals surface area contributed by atoms with Crippen LogP contribution in [-0.4, -0.2) is 4.98 Å². The van der Waals surface area contributed by atoms with Gasteiger partial charge in [-0.25, -0.2) is 4.98 Å². The lowest BCUT2D eigenvalue weighted by atomic mass is 9.96. The molecule has 0 saturated heterocycles. The highest BCUT2D eigenvalue weighted by Gasteiger charge is 2.11. The summed E-state index contributed by atoms with van der Waals surface area (Å²) in [4.78, 5) is 4.43. The lowest BCUT2D eigenvalue weighted by Gasteiger charge is -2.12. The number of nitrogens with two attached hydrogens (primary N) is 1. The molecule has 0 amide bonds. The summed E-state index contributed by atoms with van der Waals surface area (Å²) in [6.07, 6.45) is 0. The van der Waals surface area contributed by atoms with E-state index in [2.05, 4.69) is 11.1 Å². The fourth-order valence-electron chi connectivity index (χ4n) is 2.31. The number of hydrogen-bond donors (Lipinski definition) is 1. The molecule has 2 nitrogen and oxygen atoms in total. The van der Waals surface area contributed by atoms with Gasteiger partial charge in [-0.15, -0.1) is 0 Å². The molecule has 2 aromatic carbocycles. The first-order valence-electron chi connectivity index (χ1n) is 6.07. The minimum Gasteiger partial charge on any atom is -0.383 e. The second-order valence-electron chi connectivity index (χ2n) is 4.52. The van der Waals surface area contributed by atoms with E-state index in [0.29, 0.717) is 5.82 Å². The van der Waals surface area contributed by atoms with Crippen molar-refractivity contribution in [3.63, 3.8) is 0 Å². The fraction of sp³-hybridized carbons (Fsp3) is 0.0625. The van der Waals surface area contributed by atoms with E-state index < -0.39 is 0 Å². The molecule has 0 bridgehead atoms. The van der Waals surface area contributed by atoms with E-state index in [1.807, 2.05) is 49.4 Å². The molecule has 0 aliphatic rings. The predicted molar refractivity (Wildman–Crippen MR) is 81.3 cm³/mol. The van der Waals surface area contributed by atoms with Crippen LogP contribution in [0.4, 0.5) is 5.82 Å². The summed E-state index contributed by atoms with van der Waals surface area (Å²) >= 11 is 5.95. The Morgan fingerprint density at radius 3 is 2.42 bits per heavy atom. The van der Waals surface area contributed by atoms with Crippen LogP contribution in [0.15, 0.2) is 48.5 Å². The summed E-state index contributed by atoms with van der Waals surface area (Å²) in [5.41, 5.74) is 10.2. The van der Waals surface area contributed by atoms with Crippen LogP contribution in [0.5, 0.6) is 0 Å². The number of pyridine rings is 1. The van der Waals surface area contributed by atoms with Crippen molar-refractivity contribution in [2.24, 2.45) is 0 Å². The summed E-state index contributed by atoms with van der Waals surface area (Å²) in [5, 5.41) is 1.84. The minimum atomic E-state index is 0.573. The maximum absolute atomic E-state index is 6.02. The monoisotopic (exact) mass is 268 g/mol. The third-order valence-corrected chi connectivity index (χ3v) is 3.56. The highest BCUT2D eigenvalue weighted by molar-refractivity contribution is 6.30. The van der Waals surface area contributed by atoms with E-state index in [9.17, 15) is 0 Å². The number of hydrogen-bond acceptors (Lipinski definition) is 2. The molecule has 0 aliphatic heterocycles. The lowest BCUT2D eigenvalue weighted by Crippen LogP contribution is -1.98. The summed E-state index contributed by atoms with van der Waals surface area (Å²) in [6.45, 7) is 2.00. The Morgan fingerprint density at radius 2 is 1.68 bits per heavy atom. The maximum Gasteiger partial charge on any atom is 0.127 e. The van der Waals surface area contributed by atoms with Crippen LogP contribution in [0.2, 0.25) is 5.02 Å². The molecule has 0 atom stereocenters. The molecule has 3 heteroatoms. The van der Waals surface area contributed by atoms with Crippen LogP contribution in [0, 0.1) is 6.92 Å². The van der Waals surface area contributed by atoms with Crippen LogP contribution in [0.3, 0.4) is 0 Å². The second kappa shape index (κ2) is 4.56. The van der Waals surface area contributed by atoms with E-state index >= 15 is 0 Å². The Balaban J connectivity index is 2.38. The molecule has 0 aliphatic carbocycles. The quantitative estimate of drug-likeness (QED) is 0.708. The molecule has 0 unspecified atom stereocenters. The number of aromatic nitrogens is 1. The van der Waals surface area contributed by atoms with Crippen LogP contribution in [0.1, 0.15) is 5.56 Å². The number of halogens is 1. The number of anilines is 1. The largest absolute Gasteiger partial charge is 0.383 e. The van der Waals surface area contributed by atoms with Crippen molar-refractivity contribution in [3.8, 4) is 11.1 Å². The second-order valence-corrected chi connectivity index (χ2v) is 4.96. The number of nitrogens with zero attached hydrogens (tertiary/aromatic N) is 1. The van der Waals surface area contributed by atoms with Crippen molar-refractivity contribution >= 4 is 28.3 Å². The van der Waals surface area contributed by atoms with Gasteiger partial charge in [0.15, 0.2) is 0 Å². The standard InChI is InChI=1S/C16H13ClN2/c1-10-15(11-6-8-12(17)9-7-11)13-4-2-3-5-14(13)19-16(10)18/h2-9H,1H3,(H2,18,19). The van der Waals surface area contributed by atoms with Crippen molar-refractivity contribution in [2.75, 3.05) is 5.73 Å². The van der Waals surface area contributed by atoms with Crippen LogP contribution >= 0.6 is 11.6 Å². The molecule has 0 radical (unpaired) electrons. The third-order valence-electron chi connectivity index (χ3n) is 3.31. The van der Waals surface area contributed by atoms with Gasteiger partial charge in [0.2, 0.25) is 0 Å². The van der Waals surface area contributed by atoms with Gasteiger partial charge in [0.05, 0.1) is 5.52 Å². The number of rotatable bonds is 1. The number of nitrogen functional groups attached to an aromatic ring is 1. The Bertz CT molecular complexity index is 749. The van der Waals surface area contributed by atoms with Gasteiger partial charge in [0.1, 0.15) is 5.82 Å². The van der Waals surface area contributed by atoms with Crippen molar-refractivity contribution in [1.82, 2.24) is 4.98 Å². The Kier molecular flexibility index (Phi) is 2.88. The first-order chi connectivity index (χ1) is 9.16. The molecule has 1 heterocycles. The van der Waals surface area contributed by atoms with Crippen molar-refractivity contribution in [3.05, 3.63) is 59.1 Å². The number of para-hydroxylation sites is 1. The molecule has 94 valence electrons. The molecular formula is C16H13ClN2. The maximum atomic E-state index is 6.02. The van der Waals surface area contributed by atoms with Crippen LogP contribution < -0.4 is 5.73 Å². The zero-order chi connectivity index (χ0) is 13.4. The third kappa shape index (κ3) is 2.04. The molecule has 3 rings (SSSR count). The lowest BCUT2D eigenvalue weighted by molar-refractivity contribution is 1.34. The molecule has 0 saturated carbocycles. The summed E-state index contributed by atoms with van der Waals surface area (Å²) in [5.74, 6) is 0.573. The SMILES string of the molecule is Cc1c(N)nc2ccccc2c1-c1ccc(Cl)cc1. The minimum absolute atomic E-state index is 0.573. The smallest absolute Gasteiger partial charge is 0.127 e. The molecule has 19 heavy (non-hydrogen) atoms. The van der Waals surface area contributed by atoms with Gasteiger partial charge in [-0.2, -0.15) is 0 Å². The molecule has 3 aromatic rings. The van der Waals surface area contributed by atoms with Gasteiger partial charge >= 0.3 is 0 Å². The van der Waals surface area contributed by atoms with E-state index in [1.165, 1.54) is 0 Å². The van der Waals surface area contributed by atoms with Gasteiger partial charge in [0, 0.05) is 10.4 Å². The summed E-state index contributed by atoms with van der Waals surface area (Å²) < 4.78 is 0. The number of fused-ring (bicyclic) bond motifs is 1. The normalized spacial score (nSPS) is 10.8. The zero-order valence-corrected chi connectivity index (χ0v) is 11.3. The van der Waals surface area contributed by atoms with Crippen molar-refractivity contribution < 1.29 is 0 Å². The first-order valence-corrected chi connectivity index (χ1v) is 6.45. The van der Waals surface area contributed by atoms with Crippen LogP contribution in [0.25, 0.3) is 22.0 Å². The van der Waals surface area contributed by atoms with Gasteiger partial charge in [-0.05, 0) is 41.8 Å². The molecule has 1 aromatic heterocycles. The van der Waals surface area contributed by atoms with E-state index in [4.69, 9.17) is 17.3 Å². The predicted octanol–water partition coefficient (Wildman–Crippen LogP) is 4.45. The average molecular weight is 269 g/mol. The van der Waals surface area contributed by atoms with E-state index in [-0.39, 0.29) is 0 Å². The first kappa shape index (κ1) is 12.0. The zero-order valence-electron chi connectivity index (χ0n) is 10.5. The topological polar surface area (TPSA) is 38.9 Å². The van der Waals surface area contributed by atoms with Crippen LogP contribution in [-0.2, 0) is 0 Å². The summed E-state index contributed by atoms with van der Waals surface area (Å²) in [7, 11) is 0. The van der Waals surface area contributed by atoms with Crippen molar-refractivity contribution in [2.45, 2.75) is 6.92 Å². The number of benzene rings is 2. The Labute approximate surface area is 116 Å². The van der Waals surface area contributed by atoms with E-state index in [0.717, 1.165) is 32.6 Å². The molecule has 0 fully saturated rings. The average Bonchev–Trinajstić information content (AvgIpc) is 2.42. The van der Waals surface area contributed by atoms with E-state index in [1.54, 1.807) is 0 Å². The van der Waals surface area contributed by atoms with Gasteiger partial charge in [-0.1, -0.05) is 41.9 Å². The van der Waals surface area contributed by atoms with Gasteiger partial charge in [-0.3, -0.25) is 0 Å². The van der Waals surface area contributed by atoms with Gasteiger partial charge < -0.3 is 5.73 Å². The molecule has 2 N–H and O–H groups in total. The van der Waals surface area contributed by atoms with Gasteiger partial charge in [0.25, 0.3) is 0 Å².